The number of aryl methyl sites for hydroxylation is 2. The molecule has 1 atom stereocenters. The van der Waals surface area contributed by atoms with E-state index in [1.807, 2.05) is 32.9 Å². The Kier molecular flexibility index (Phi) is 5.44. The smallest absolute Gasteiger partial charge is 0.251 e. The highest BCUT2D eigenvalue weighted by molar-refractivity contribution is 7.89. The van der Waals surface area contributed by atoms with E-state index in [9.17, 15) is 13.2 Å². The Bertz CT molecular complexity index is 857. The largest absolute Gasteiger partial charge is 0.346 e. The number of sulfone groups is 1. The van der Waals surface area contributed by atoms with Gasteiger partial charge < -0.3 is 5.32 Å². The summed E-state index contributed by atoms with van der Waals surface area (Å²) in [6, 6.07) is 12.8. The minimum atomic E-state index is -3.13. The van der Waals surface area contributed by atoms with Gasteiger partial charge in [-0.2, -0.15) is 0 Å². The molecule has 0 aliphatic rings. The molecule has 2 rings (SSSR count). The molecule has 0 spiro atoms. The summed E-state index contributed by atoms with van der Waals surface area (Å²) >= 11 is 0. The van der Waals surface area contributed by atoms with Crippen molar-refractivity contribution in [1.29, 1.82) is 0 Å². The summed E-state index contributed by atoms with van der Waals surface area (Å²) in [5.41, 5.74) is 4.43. The number of carbonyl (C=O) groups is 1. The summed E-state index contributed by atoms with van der Waals surface area (Å²) in [6.45, 7) is 5.98. The maximum Gasteiger partial charge on any atom is 0.251 e. The first-order valence-corrected chi connectivity index (χ1v) is 9.86. The van der Waals surface area contributed by atoms with Crippen LogP contribution in [0, 0.1) is 13.8 Å². The van der Waals surface area contributed by atoms with Gasteiger partial charge in [-0.15, -0.1) is 0 Å². The predicted molar refractivity (Wildman–Crippen MR) is 96.8 cm³/mol. The third-order valence-electron chi connectivity index (χ3n) is 3.87. The van der Waals surface area contributed by atoms with Crippen LogP contribution in [0.4, 0.5) is 0 Å². The number of hydrogen-bond acceptors (Lipinski definition) is 3. The highest BCUT2D eigenvalue weighted by Gasteiger charge is 2.14. The van der Waals surface area contributed by atoms with Crippen molar-refractivity contribution >= 4 is 15.7 Å². The van der Waals surface area contributed by atoms with Crippen molar-refractivity contribution in [1.82, 2.24) is 5.32 Å². The number of rotatable bonds is 5. The SMILES string of the molecule is Cc1ccc(C)c([C@H](C)NC(=O)c2cccc(CS(C)(=O)=O)c2)c1. The quantitative estimate of drug-likeness (QED) is 0.904. The summed E-state index contributed by atoms with van der Waals surface area (Å²) in [5.74, 6) is -0.278. The molecule has 0 fully saturated rings. The fraction of sp³-hybridized carbons (Fsp3) is 0.316. The number of hydrogen-bond donors (Lipinski definition) is 1. The zero-order valence-corrected chi connectivity index (χ0v) is 15.3. The lowest BCUT2D eigenvalue weighted by Gasteiger charge is -2.17. The molecule has 5 heteroatoms. The molecule has 0 saturated carbocycles. The molecule has 24 heavy (non-hydrogen) atoms. The molecule has 0 radical (unpaired) electrons. The van der Waals surface area contributed by atoms with Gasteiger partial charge in [-0.25, -0.2) is 8.42 Å². The summed E-state index contributed by atoms with van der Waals surface area (Å²) in [4.78, 5) is 12.5. The van der Waals surface area contributed by atoms with Crippen LogP contribution in [0.15, 0.2) is 42.5 Å². The van der Waals surface area contributed by atoms with Crippen molar-refractivity contribution in [2.24, 2.45) is 0 Å². The lowest BCUT2D eigenvalue weighted by molar-refractivity contribution is 0.0939. The second kappa shape index (κ2) is 7.18. The van der Waals surface area contributed by atoms with E-state index in [4.69, 9.17) is 0 Å². The molecule has 0 aromatic heterocycles. The molecule has 0 heterocycles. The van der Waals surface area contributed by atoms with E-state index < -0.39 is 9.84 Å². The van der Waals surface area contributed by atoms with Crippen molar-refractivity contribution < 1.29 is 13.2 Å². The van der Waals surface area contributed by atoms with Crippen LogP contribution in [-0.4, -0.2) is 20.6 Å². The van der Waals surface area contributed by atoms with Crippen molar-refractivity contribution in [2.45, 2.75) is 32.6 Å². The average Bonchev–Trinajstić information content (AvgIpc) is 2.48. The molecule has 0 aliphatic heterocycles. The second-order valence-electron chi connectivity index (χ2n) is 6.33. The Morgan fingerprint density at radius 2 is 1.83 bits per heavy atom. The minimum Gasteiger partial charge on any atom is -0.346 e. The van der Waals surface area contributed by atoms with Gasteiger partial charge in [0.25, 0.3) is 5.91 Å². The maximum atomic E-state index is 12.5. The first-order chi connectivity index (χ1) is 11.2. The van der Waals surface area contributed by atoms with Gasteiger partial charge in [-0.05, 0) is 49.6 Å². The number of amides is 1. The topological polar surface area (TPSA) is 63.2 Å². The molecule has 1 amide bonds. The fourth-order valence-electron chi connectivity index (χ4n) is 2.69. The van der Waals surface area contributed by atoms with Crippen LogP contribution in [0.25, 0.3) is 0 Å². The highest BCUT2D eigenvalue weighted by Crippen LogP contribution is 2.19. The Hall–Kier alpha value is -2.14. The van der Waals surface area contributed by atoms with Crippen LogP contribution in [-0.2, 0) is 15.6 Å². The van der Waals surface area contributed by atoms with Gasteiger partial charge >= 0.3 is 0 Å². The van der Waals surface area contributed by atoms with Crippen molar-refractivity contribution in [3.63, 3.8) is 0 Å². The molecule has 0 bridgehead atoms. The molecular formula is C19H23NO3S. The van der Waals surface area contributed by atoms with Gasteiger partial charge in [-0.3, -0.25) is 4.79 Å². The van der Waals surface area contributed by atoms with Gasteiger partial charge in [0.05, 0.1) is 11.8 Å². The molecule has 0 aliphatic carbocycles. The third-order valence-corrected chi connectivity index (χ3v) is 4.72. The van der Waals surface area contributed by atoms with E-state index in [0.29, 0.717) is 11.1 Å². The van der Waals surface area contributed by atoms with E-state index in [1.54, 1.807) is 24.3 Å². The molecular weight excluding hydrogens is 322 g/mol. The summed E-state index contributed by atoms with van der Waals surface area (Å²) in [7, 11) is -3.13. The summed E-state index contributed by atoms with van der Waals surface area (Å²) < 4.78 is 22.8. The van der Waals surface area contributed by atoms with Crippen LogP contribution < -0.4 is 5.32 Å². The lowest BCUT2D eigenvalue weighted by Crippen LogP contribution is -2.27. The van der Waals surface area contributed by atoms with E-state index in [1.165, 1.54) is 6.26 Å². The van der Waals surface area contributed by atoms with Crippen LogP contribution in [0.3, 0.4) is 0 Å². The van der Waals surface area contributed by atoms with Crippen molar-refractivity contribution in [3.05, 3.63) is 70.3 Å². The zero-order valence-electron chi connectivity index (χ0n) is 14.5. The van der Waals surface area contributed by atoms with E-state index >= 15 is 0 Å². The fourth-order valence-corrected chi connectivity index (χ4v) is 3.47. The Morgan fingerprint density at radius 1 is 1.12 bits per heavy atom. The van der Waals surface area contributed by atoms with Crippen LogP contribution >= 0.6 is 0 Å². The second-order valence-corrected chi connectivity index (χ2v) is 8.47. The van der Waals surface area contributed by atoms with Crippen LogP contribution in [0.1, 0.15) is 45.6 Å². The number of benzene rings is 2. The van der Waals surface area contributed by atoms with Crippen molar-refractivity contribution in [3.8, 4) is 0 Å². The molecule has 0 saturated heterocycles. The van der Waals surface area contributed by atoms with Crippen LogP contribution in [0.2, 0.25) is 0 Å². The van der Waals surface area contributed by atoms with Gasteiger partial charge in [0, 0.05) is 11.8 Å². The predicted octanol–water partition coefficient (Wildman–Crippen LogP) is 3.34. The number of carbonyl (C=O) groups excluding carboxylic acids is 1. The normalized spacial score (nSPS) is 12.7. The standard InChI is InChI=1S/C19H23NO3S/c1-13-8-9-14(2)18(10-13)15(3)20-19(21)17-7-5-6-16(11-17)12-24(4,22)23/h5-11,15H,12H2,1-4H3,(H,20,21)/t15-/m0/s1. The summed E-state index contributed by atoms with van der Waals surface area (Å²) in [6.07, 6.45) is 1.18. The zero-order chi connectivity index (χ0) is 17.9. The third kappa shape index (κ3) is 4.93. The average molecular weight is 345 g/mol. The van der Waals surface area contributed by atoms with Gasteiger partial charge in [0.2, 0.25) is 0 Å². The molecule has 2 aromatic carbocycles. The lowest BCUT2D eigenvalue weighted by atomic mass is 9.99. The monoisotopic (exact) mass is 345 g/mol. The van der Waals surface area contributed by atoms with Gasteiger partial charge in [-0.1, -0.05) is 35.9 Å². The van der Waals surface area contributed by atoms with Gasteiger partial charge in [0.15, 0.2) is 9.84 Å². The maximum absolute atomic E-state index is 12.5. The minimum absolute atomic E-state index is 0.0688. The van der Waals surface area contributed by atoms with Crippen LogP contribution in [0.5, 0.6) is 0 Å². The molecule has 2 aromatic rings. The first-order valence-electron chi connectivity index (χ1n) is 7.80. The molecule has 0 unspecified atom stereocenters. The van der Waals surface area contributed by atoms with Gasteiger partial charge in [0.1, 0.15) is 0 Å². The van der Waals surface area contributed by atoms with Crippen molar-refractivity contribution in [2.75, 3.05) is 6.26 Å². The Labute approximate surface area is 143 Å². The number of nitrogens with one attached hydrogen (secondary N) is 1. The first kappa shape index (κ1) is 18.2. The van der Waals surface area contributed by atoms with E-state index in [0.717, 1.165) is 16.7 Å². The summed E-state index contributed by atoms with van der Waals surface area (Å²) in [5, 5.41) is 2.98. The molecule has 4 nitrogen and oxygen atoms in total. The molecule has 128 valence electrons. The Balaban J connectivity index is 2.17. The molecule has 1 N–H and O–H groups in total. The van der Waals surface area contributed by atoms with E-state index in [-0.39, 0.29) is 17.7 Å². The highest BCUT2D eigenvalue weighted by atomic mass is 32.2. The van der Waals surface area contributed by atoms with E-state index in [2.05, 4.69) is 11.4 Å². The Morgan fingerprint density at radius 3 is 2.50 bits per heavy atom.